The second kappa shape index (κ2) is 8.50. The van der Waals surface area contributed by atoms with Crippen LogP contribution in [0.15, 0.2) is 24.3 Å². The highest BCUT2D eigenvalue weighted by Gasteiger charge is 2.19. The molecule has 1 heterocycles. The topological polar surface area (TPSA) is 74.2 Å². The SMILES string of the molecule is CCCCCC(=O)Nc1c(Cl)nc2ccccc2c1NCC(C)(C)O. The lowest BCUT2D eigenvalue weighted by atomic mass is 10.1. The summed E-state index contributed by atoms with van der Waals surface area (Å²) < 4.78 is 0. The Labute approximate surface area is 153 Å². The van der Waals surface area contributed by atoms with Gasteiger partial charge in [0.15, 0.2) is 5.15 Å². The zero-order chi connectivity index (χ0) is 18.4. The summed E-state index contributed by atoms with van der Waals surface area (Å²) in [6.07, 6.45) is 3.36. The molecule has 0 saturated carbocycles. The van der Waals surface area contributed by atoms with Gasteiger partial charge >= 0.3 is 0 Å². The van der Waals surface area contributed by atoms with Crippen LogP contribution in [-0.4, -0.2) is 28.1 Å². The second-order valence-corrected chi connectivity index (χ2v) is 7.20. The largest absolute Gasteiger partial charge is 0.389 e. The summed E-state index contributed by atoms with van der Waals surface area (Å²) in [5, 5.41) is 17.2. The van der Waals surface area contributed by atoms with Gasteiger partial charge in [-0.15, -0.1) is 0 Å². The van der Waals surface area contributed by atoms with Crippen molar-refractivity contribution in [3.8, 4) is 0 Å². The van der Waals surface area contributed by atoms with Crippen LogP contribution in [0.3, 0.4) is 0 Å². The van der Waals surface area contributed by atoms with E-state index >= 15 is 0 Å². The van der Waals surface area contributed by atoms with Crippen LogP contribution in [0.5, 0.6) is 0 Å². The fourth-order valence-electron chi connectivity index (χ4n) is 2.52. The third-order valence-corrected chi connectivity index (χ3v) is 4.09. The maximum Gasteiger partial charge on any atom is 0.224 e. The van der Waals surface area contributed by atoms with Crippen molar-refractivity contribution in [3.05, 3.63) is 29.4 Å². The van der Waals surface area contributed by atoms with Crippen molar-refractivity contribution < 1.29 is 9.90 Å². The van der Waals surface area contributed by atoms with Crippen LogP contribution in [-0.2, 0) is 4.79 Å². The van der Waals surface area contributed by atoms with Crippen molar-refractivity contribution in [1.29, 1.82) is 0 Å². The zero-order valence-corrected chi connectivity index (χ0v) is 15.8. The third-order valence-electron chi connectivity index (χ3n) is 3.82. The van der Waals surface area contributed by atoms with Gasteiger partial charge in [0.25, 0.3) is 0 Å². The molecule has 5 nitrogen and oxygen atoms in total. The van der Waals surface area contributed by atoms with Gasteiger partial charge in [-0.2, -0.15) is 0 Å². The molecule has 1 aromatic carbocycles. The molecular formula is C19H26ClN3O2. The van der Waals surface area contributed by atoms with Crippen molar-refractivity contribution in [3.63, 3.8) is 0 Å². The number of carbonyl (C=O) groups is 1. The molecule has 0 aliphatic rings. The predicted octanol–water partition coefficient (Wildman–Crippen LogP) is 4.59. The van der Waals surface area contributed by atoms with Gasteiger partial charge in [0.05, 0.1) is 16.8 Å². The lowest BCUT2D eigenvalue weighted by Crippen LogP contribution is -2.30. The van der Waals surface area contributed by atoms with Crippen LogP contribution in [0.25, 0.3) is 10.9 Å². The Kier molecular flexibility index (Phi) is 6.62. The van der Waals surface area contributed by atoms with Crippen LogP contribution < -0.4 is 10.6 Å². The molecule has 136 valence electrons. The molecule has 0 spiro atoms. The lowest BCUT2D eigenvalue weighted by Gasteiger charge is -2.22. The maximum absolute atomic E-state index is 12.3. The van der Waals surface area contributed by atoms with Gasteiger partial charge in [0.2, 0.25) is 5.91 Å². The number of fused-ring (bicyclic) bond motifs is 1. The van der Waals surface area contributed by atoms with E-state index in [-0.39, 0.29) is 11.1 Å². The number of hydrogen-bond donors (Lipinski definition) is 3. The van der Waals surface area contributed by atoms with E-state index in [1.165, 1.54) is 0 Å². The quantitative estimate of drug-likeness (QED) is 0.473. The average molecular weight is 364 g/mol. The minimum Gasteiger partial charge on any atom is -0.389 e. The van der Waals surface area contributed by atoms with Gasteiger partial charge in [-0.05, 0) is 26.3 Å². The Morgan fingerprint density at radius 2 is 1.96 bits per heavy atom. The molecule has 3 N–H and O–H groups in total. The smallest absolute Gasteiger partial charge is 0.224 e. The molecule has 1 amide bonds. The molecule has 0 fully saturated rings. The number of anilines is 2. The summed E-state index contributed by atoms with van der Waals surface area (Å²) in [4.78, 5) is 16.6. The number of hydrogen-bond acceptors (Lipinski definition) is 4. The molecule has 2 aromatic rings. The van der Waals surface area contributed by atoms with Crippen LogP contribution in [0, 0.1) is 0 Å². The first-order chi connectivity index (χ1) is 11.8. The number of para-hydroxylation sites is 1. The second-order valence-electron chi connectivity index (χ2n) is 6.84. The standard InChI is InChI=1S/C19H26ClN3O2/c1-4-5-6-11-15(24)23-17-16(21-12-19(2,3)25)13-9-7-8-10-14(13)22-18(17)20/h7-10,25H,4-6,11-12H2,1-3H3,(H,21,22)(H,23,24). The van der Waals surface area contributed by atoms with Gasteiger partial charge < -0.3 is 15.7 Å². The van der Waals surface area contributed by atoms with Gasteiger partial charge in [-0.3, -0.25) is 4.79 Å². The minimum atomic E-state index is -0.904. The average Bonchev–Trinajstić information content (AvgIpc) is 2.54. The molecule has 0 bridgehead atoms. The molecule has 0 aliphatic heterocycles. The molecular weight excluding hydrogens is 338 g/mol. The van der Waals surface area contributed by atoms with Crippen molar-refractivity contribution in [2.24, 2.45) is 0 Å². The van der Waals surface area contributed by atoms with Crippen molar-refractivity contribution in [2.45, 2.75) is 52.1 Å². The van der Waals surface area contributed by atoms with E-state index in [0.717, 1.165) is 30.2 Å². The van der Waals surface area contributed by atoms with Crippen LogP contribution in [0.4, 0.5) is 11.4 Å². The molecule has 0 radical (unpaired) electrons. The van der Waals surface area contributed by atoms with Gasteiger partial charge in [-0.1, -0.05) is 49.6 Å². The number of aliphatic hydroxyl groups is 1. The number of carbonyl (C=O) groups excluding carboxylic acids is 1. The Morgan fingerprint density at radius 1 is 1.24 bits per heavy atom. The van der Waals surface area contributed by atoms with E-state index in [9.17, 15) is 9.90 Å². The zero-order valence-electron chi connectivity index (χ0n) is 15.0. The molecule has 1 aromatic heterocycles. The number of unbranched alkanes of at least 4 members (excludes halogenated alkanes) is 2. The summed E-state index contributed by atoms with van der Waals surface area (Å²) >= 11 is 6.34. The van der Waals surface area contributed by atoms with Gasteiger partial charge in [0.1, 0.15) is 5.69 Å². The van der Waals surface area contributed by atoms with E-state index in [1.807, 2.05) is 24.3 Å². The molecule has 6 heteroatoms. The number of nitrogens with one attached hydrogen (secondary N) is 2. The highest BCUT2D eigenvalue weighted by atomic mass is 35.5. The first-order valence-corrected chi connectivity index (χ1v) is 9.04. The van der Waals surface area contributed by atoms with E-state index in [2.05, 4.69) is 22.5 Å². The number of rotatable bonds is 8. The van der Waals surface area contributed by atoms with Crippen LogP contribution in [0.2, 0.25) is 5.15 Å². The lowest BCUT2D eigenvalue weighted by molar-refractivity contribution is -0.116. The summed E-state index contributed by atoms with van der Waals surface area (Å²) in [5.41, 5.74) is 0.974. The number of halogens is 1. The molecule has 0 saturated heterocycles. The van der Waals surface area contributed by atoms with Crippen molar-refractivity contribution in [2.75, 3.05) is 17.2 Å². The third kappa shape index (κ3) is 5.58. The van der Waals surface area contributed by atoms with E-state index in [0.29, 0.717) is 24.3 Å². The Hall–Kier alpha value is -1.85. The fourth-order valence-corrected chi connectivity index (χ4v) is 2.75. The van der Waals surface area contributed by atoms with E-state index < -0.39 is 5.60 Å². The highest BCUT2D eigenvalue weighted by Crippen LogP contribution is 2.36. The molecule has 25 heavy (non-hydrogen) atoms. The first-order valence-electron chi connectivity index (χ1n) is 8.66. The minimum absolute atomic E-state index is 0.0845. The summed E-state index contributed by atoms with van der Waals surface area (Å²) in [5.74, 6) is -0.0845. The fraction of sp³-hybridized carbons (Fsp3) is 0.474. The highest BCUT2D eigenvalue weighted by molar-refractivity contribution is 6.34. The molecule has 0 aliphatic carbocycles. The number of aromatic nitrogens is 1. The van der Waals surface area contributed by atoms with E-state index in [1.54, 1.807) is 13.8 Å². The maximum atomic E-state index is 12.3. The normalized spacial score (nSPS) is 11.6. The molecule has 0 unspecified atom stereocenters. The van der Waals surface area contributed by atoms with Gasteiger partial charge in [0, 0.05) is 18.4 Å². The Morgan fingerprint density at radius 3 is 2.64 bits per heavy atom. The number of amides is 1. The van der Waals surface area contributed by atoms with Crippen LogP contribution in [0.1, 0.15) is 46.5 Å². The van der Waals surface area contributed by atoms with E-state index in [4.69, 9.17) is 11.6 Å². The number of nitrogens with zero attached hydrogens (tertiary/aromatic N) is 1. The van der Waals surface area contributed by atoms with Crippen LogP contribution >= 0.6 is 11.6 Å². The summed E-state index contributed by atoms with van der Waals surface area (Å²) in [7, 11) is 0. The van der Waals surface area contributed by atoms with Gasteiger partial charge in [-0.25, -0.2) is 4.98 Å². The Balaban J connectivity index is 2.35. The summed E-state index contributed by atoms with van der Waals surface area (Å²) in [6.45, 7) is 5.85. The Bertz CT molecular complexity index is 741. The first kappa shape index (κ1) is 19.5. The molecule has 0 atom stereocenters. The number of benzene rings is 1. The molecule has 2 rings (SSSR count). The number of pyridine rings is 1. The van der Waals surface area contributed by atoms with Crippen molar-refractivity contribution >= 4 is 39.8 Å². The van der Waals surface area contributed by atoms with Crippen molar-refractivity contribution in [1.82, 2.24) is 4.98 Å². The monoisotopic (exact) mass is 363 g/mol. The predicted molar refractivity (Wildman–Crippen MR) is 104 cm³/mol. The summed E-state index contributed by atoms with van der Waals surface area (Å²) in [6, 6.07) is 7.57.